The van der Waals surface area contributed by atoms with Gasteiger partial charge in [0.05, 0.1) is 12.0 Å². The average Bonchev–Trinajstić information content (AvgIpc) is 3.37. The molecule has 4 rings (SSSR count). The maximum atomic E-state index is 4.76. The second kappa shape index (κ2) is 8.74. The molecule has 1 aromatic carbocycles. The normalized spacial score (nSPS) is 15.4. The molecule has 1 aliphatic rings. The van der Waals surface area contributed by atoms with Crippen molar-refractivity contribution < 1.29 is 0 Å². The molecule has 148 valence electrons. The zero-order chi connectivity index (χ0) is 19.3. The molecule has 0 bridgehead atoms. The average molecular weight is 378 g/mol. The van der Waals surface area contributed by atoms with Gasteiger partial charge in [-0.25, -0.2) is 4.98 Å². The molecule has 0 unspecified atom stereocenters. The highest BCUT2D eigenvalue weighted by Crippen LogP contribution is 2.33. The van der Waals surface area contributed by atoms with Crippen LogP contribution in [0.4, 0.5) is 0 Å². The van der Waals surface area contributed by atoms with Crippen LogP contribution in [-0.4, -0.2) is 37.8 Å². The number of aryl methyl sites for hydroxylation is 1. The fraction of sp³-hybridized carbons (Fsp3) is 0.478. The molecule has 0 amide bonds. The molecule has 1 fully saturated rings. The molecule has 28 heavy (non-hydrogen) atoms. The molecule has 5 nitrogen and oxygen atoms in total. The van der Waals surface area contributed by atoms with Crippen LogP contribution in [0, 0.1) is 0 Å². The Hall–Kier alpha value is -2.40. The van der Waals surface area contributed by atoms with E-state index in [1.807, 2.05) is 30.5 Å². The lowest BCUT2D eigenvalue weighted by Gasteiger charge is -2.22. The summed E-state index contributed by atoms with van der Waals surface area (Å²) in [4.78, 5) is 6.46. The van der Waals surface area contributed by atoms with Crippen LogP contribution in [0.2, 0.25) is 0 Å². The van der Waals surface area contributed by atoms with E-state index in [1.165, 1.54) is 48.8 Å². The maximum Gasteiger partial charge on any atom is 0.0968 e. The summed E-state index contributed by atoms with van der Waals surface area (Å²) in [6.07, 6.45) is 14.7. The first-order valence-corrected chi connectivity index (χ1v) is 10.5. The van der Waals surface area contributed by atoms with E-state index in [1.54, 1.807) is 0 Å². The number of aromatic nitrogens is 4. The first kappa shape index (κ1) is 18.9. The summed E-state index contributed by atoms with van der Waals surface area (Å²) in [5, 5.41) is 4.76. The van der Waals surface area contributed by atoms with Crippen molar-refractivity contribution in [1.29, 1.82) is 0 Å². The number of rotatable bonds is 7. The van der Waals surface area contributed by atoms with Gasteiger partial charge >= 0.3 is 0 Å². The summed E-state index contributed by atoms with van der Waals surface area (Å²) >= 11 is 0. The molecule has 0 aliphatic heterocycles. The summed E-state index contributed by atoms with van der Waals surface area (Å²) in [5.41, 5.74) is 5.10. The Balaban J connectivity index is 1.44. The van der Waals surface area contributed by atoms with Gasteiger partial charge in [0.25, 0.3) is 0 Å². The molecule has 1 aliphatic carbocycles. The largest absolute Gasteiger partial charge is 0.336 e. The minimum atomic E-state index is 0.750. The van der Waals surface area contributed by atoms with Crippen molar-refractivity contribution in [1.82, 2.24) is 24.2 Å². The zero-order valence-electron chi connectivity index (χ0n) is 17.1. The van der Waals surface area contributed by atoms with Crippen molar-refractivity contribution in [2.45, 2.75) is 51.1 Å². The third-order valence-corrected chi connectivity index (χ3v) is 5.90. The van der Waals surface area contributed by atoms with Crippen LogP contribution < -0.4 is 0 Å². The molecule has 5 heteroatoms. The van der Waals surface area contributed by atoms with Gasteiger partial charge in [0.15, 0.2) is 0 Å². The lowest BCUT2D eigenvalue weighted by Crippen LogP contribution is -2.22. The van der Waals surface area contributed by atoms with Crippen molar-refractivity contribution in [2.75, 3.05) is 13.6 Å². The second-order valence-corrected chi connectivity index (χ2v) is 8.17. The van der Waals surface area contributed by atoms with Gasteiger partial charge in [0.1, 0.15) is 0 Å². The van der Waals surface area contributed by atoms with Crippen LogP contribution >= 0.6 is 0 Å². The predicted molar refractivity (Wildman–Crippen MR) is 113 cm³/mol. The third kappa shape index (κ3) is 4.53. The van der Waals surface area contributed by atoms with Crippen LogP contribution in [-0.2, 0) is 20.1 Å². The Labute approximate surface area is 168 Å². The van der Waals surface area contributed by atoms with Crippen molar-refractivity contribution in [3.05, 3.63) is 60.3 Å². The molecule has 0 atom stereocenters. The highest BCUT2D eigenvalue weighted by Gasteiger charge is 2.17. The Morgan fingerprint density at radius 2 is 1.89 bits per heavy atom. The number of likely N-dealkylation sites (N-methyl/N-ethyl adjacent to an activating group) is 1. The molecular weight excluding hydrogens is 346 g/mol. The van der Waals surface area contributed by atoms with E-state index in [-0.39, 0.29) is 0 Å². The second-order valence-electron chi connectivity index (χ2n) is 8.17. The smallest absolute Gasteiger partial charge is 0.0968 e. The Morgan fingerprint density at radius 3 is 2.61 bits per heavy atom. The van der Waals surface area contributed by atoms with Crippen molar-refractivity contribution >= 4 is 0 Å². The van der Waals surface area contributed by atoms with Gasteiger partial charge in [-0.15, -0.1) is 0 Å². The van der Waals surface area contributed by atoms with Crippen molar-refractivity contribution in [3.63, 3.8) is 0 Å². The van der Waals surface area contributed by atoms with Crippen molar-refractivity contribution in [3.8, 4) is 11.3 Å². The van der Waals surface area contributed by atoms with E-state index in [0.29, 0.717) is 0 Å². The summed E-state index contributed by atoms with van der Waals surface area (Å²) in [6, 6.07) is 9.18. The summed E-state index contributed by atoms with van der Waals surface area (Å²) in [6.45, 7) is 2.82. The molecular formula is C23H31N5. The zero-order valence-corrected chi connectivity index (χ0v) is 17.1. The van der Waals surface area contributed by atoms with Crippen LogP contribution in [0.5, 0.6) is 0 Å². The molecule has 3 aromatic rings. The number of hydrogen-bond acceptors (Lipinski definition) is 3. The highest BCUT2D eigenvalue weighted by molar-refractivity contribution is 5.63. The molecule has 0 saturated heterocycles. The van der Waals surface area contributed by atoms with Crippen LogP contribution in [0.1, 0.15) is 49.1 Å². The van der Waals surface area contributed by atoms with E-state index >= 15 is 0 Å². The molecule has 0 N–H and O–H groups in total. The fourth-order valence-corrected chi connectivity index (χ4v) is 4.32. The molecule has 0 radical (unpaired) electrons. The summed E-state index contributed by atoms with van der Waals surface area (Å²) < 4.78 is 4.05. The van der Waals surface area contributed by atoms with Gasteiger partial charge in [-0.05, 0) is 31.4 Å². The molecule has 0 spiro atoms. The first-order chi connectivity index (χ1) is 13.7. The van der Waals surface area contributed by atoms with E-state index in [4.69, 9.17) is 5.10 Å². The number of hydrogen-bond donors (Lipinski definition) is 0. The molecule has 2 heterocycles. The number of nitrogens with zero attached hydrogens (tertiary/aromatic N) is 5. The Morgan fingerprint density at radius 1 is 1.11 bits per heavy atom. The van der Waals surface area contributed by atoms with Gasteiger partial charge < -0.3 is 9.47 Å². The van der Waals surface area contributed by atoms with Gasteiger partial charge in [-0.1, -0.05) is 43.5 Å². The van der Waals surface area contributed by atoms with Crippen LogP contribution in [0.25, 0.3) is 11.3 Å². The highest BCUT2D eigenvalue weighted by atomic mass is 15.3. The van der Waals surface area contributed by atoms with E-state index in [2.05, 4.69) is 52.0 Å². The van der Waals surface area contributed by atoms with Gasteiger partial charge in [-0.3, -0.25) is 4.68 Å². The fourth-order valence-electron chi connectivity index (χ4n) is 4.32. The van der Waals surface area contributed by atoms with Gasteiger partial charge in [-0.2, -0.15) is 5.10 Å². The monoisotopic (exact) mass is 377 g/mol. The van der Waals surface area contributed by atoms with Gasteiger partial charge in [0.2, 0.25) is 0 Å². The summed E-state index contributed by atoms with van der Waals surface area (Å²) in [7, 11) is 4.18. The third-order valence-electron chi connectivity index (χ3n) is 5.90. The van der Waals surface area contributed by atoms with E-state index < -0.39 is 0 Å². The Bertz CT molecular complexity index is 857. The van der Waals surface area contributed by atoms with Crippen LogP contribution in [0.3, 0.4) is 0 Å². The quantitative estimate of drug-likeness (QED) is 0.610. The summed E-state index contributed by atoms with van der Waals surface area (Å²) in [5.74, 6) is 0.750. The Kier molecular flexibility index (Phi) is 5.91. The lowest BCUT2D eigenvalue weighted by molar-refractivity contribution is 0.311. The van der Waals surface area contributed by atoms with E-state index in [9.17, 15) is 0 Å². The first-order valence-electron chi connectivity index (χ1n) is 10.5. The van der Waals surface area contributed by atoms with Gasteiger partial charge in [0, 0.05) is 56.4 Å². The topological polar surface area (TPSA) is 38.9 Å². The number of imidazole rings is 1. The minimum absolute atomic E-state index is 0.750. The van der Waals surface area contributed by atoms with Crippen LogP contribution in [0.15, 0.2) is 49.2 Å². The SMILES string of the molecule is CN(CCn1ccnc1)Cc1cn(C)nc1-c1ccc(C2CCCCC2)cc1. The molecule has 1 saturated carbocycles. The predicted octanol–water partition coefficient (Wildman–Crippen LogP) is 4.46. The standard InChI is InChI=1S/C23H31N5/c1-26(14-15-28-13-12-24-18-28)16-22-17-27(2)25-23(22)21-10-8-20(9-11-21)19-6-4-3-5-7-19/h8-13,17-19H,3-7,14-16H2,1-2H3. The lowest BCUT2D eigenvalue weighted by atomic mass is 9.84. The maximum absolute atomic E-state index is 4.76. The van der Waals surface area contributed by atoms with Crippen molar-refractivity contribution in [2.24, 2.45) is 7.05 Å². The minimum Gasteiger partial charge on any atom is -0.336 e. The molecule has 2 aromatic heterocycles. The number of benzene rings is 1. The van der Waals surface area contributed by atoms with E-state index in [0.717, 1.165) is 31.2 Å².